The highest BCUT2D eigenvalue weighted by molar-refractivity contribution is 7.14. The van der Waals surface area contributed by atoms with Crippen molar-refractivity contribution in [3.8, 4) is 28.5 Å². The number of benzene rings is 2. The lowest BCUT2D eigenvalue weighted by atomic mass is 10.2. The number of ether oxygens (including phenoxy) is 3. The zero-order chi connectivity index (χ0) is 19.8. The number of anilines is 1. The molecule has 1 aromatic heterocycles. The van der Waals surface area contributed by atoms with E-state index in [-0.39, 0.29) is 0 Å². The molecule has 0 atom stereocenters. The van der Waals surface area contributed by atoms with Gasteiger partial charge in [-0.3, -0.25) is 5.43 Å². The van der Waals surface area contributed by atoms with E-state index in [4.69, 9.17) is 14.2 Å². The van der Waals surface area contributed by atoms with Crippen molar-refractivity contribution in [2.45, 2.75) is 13.3 Å². The first kappa shape index (κ1) is 19.7. The Morgan fingerprint density at radius 3 is 2.79 bits per heavy atom. The first-order valence-electron chi connectivity index (χ1n) is 8.93. The van der Waals surface area contributed by atoms with Gasteiger partial charge in [0.2, 0.25) is 5.13 Å². The number of methoxy groups -OCH3 is 2. The van der Waals surface area contributed by atoms with Gasteiger partial charge in [-0.15, -0.1) is 11.3 Å². The van der Waals surface area contributed by atoms with Crippen LogP contribution in [0.1, 0.15) is 18.9 Å². The number of aromatic nitrogens is 1. The van der Waals surface area contributed by atoms with Crippen LogP contribution < -0.4 is 19.6 Å². The molecule has 0 unspecified atom stereocenters. The van der Waals surface area contributed by atoms with E-state index in [0.717, 1.165) is 34.7 Å². The first-order chi connectivity index (χ1) is 13.7. The molecule has 146 valence electrons. The topological polar surface area (TPSA) is 65.0 Å². The quantitative estimate of drug-likeness (QED) is 0.404. The molecule has 0 bridgehead atoms. The van der Waals surface area contributed by atoms with Gasteiger partial charge < -0.3 is 14.2 Å². The van der Waals surface area contributed by atoms with Crippen molar-refractivity contribution in [1.82, 2.24) is 4.98 Å². The van der Waals surface area contributed by atoms with Gasteiger partial charge >= 0.3 is 0 Å². The van der Waals surface area contributed by atoms with Gasteiger partial charge in [0.15, 0.2) is 11.5 Å². The molecule has 0 fully saturated rings. The number of hydrazone groups is 1. The van der Waals surface area contributed by atoms with Crippen LogP contribution >= 0.6 is 11.3 Å². The summed E-state index contributed by atoms with van der Waals surface area (Å²) in [4.78, 5) is 4.56. The van der Waals surface area contributed by atoms with Crippen molar-refractivity contribution < 1.29 is 14.2 Å². The fourth-order valence-electron chi connectivity index (χ4n) is 2.50. The SMILES string of the molecule is CCCOc1ccc(/C=N\Nc2nc(-c3cccc(OC)c3)cs2)cc1OC. The summed E-state index contributed by atoms with van der Waals surface area (Å²) < 4.78 is 16.3. The minimum absolute atomic E-state index is 0.658. The number of hydrogen-bond donors (Lipinski definition) is 1. The van der Waals surface area contributed by atoms with Gasteiger partial charge in [0.05, 0.1) is 32.7 Å². The van der Waals surface area contributed by atoms with Crippen LogP contribution in [0.15, 0.2) is 52.9 Å². The van der Waals surface area contributed by atoms with Crippen LogP contribution in [0.25, 0.3) is 11.3 Å². The minimum Gasteiger partial charge on any atom is -0.497 e. The Bertz CT molecular complexity index is 940. The summed E-state index contributed by atoms with van der Waals surface area (Å²) in [5.74, 6) is 2.22. The molecule has 0 aliphatic rings. The third kappa shape index (κ3) is 5.01. The normalized spacial score (nSPS) is 10.8. The molecular weight excluding hydrogens is 374 g/mol. The van der Waals surface area contributed by atoms with Crippen LogP contribution in [-0.4, -0.2) is 32.0 Å². The first-order valence-corrected chi connectivity index (χ1v) is 9.81. The van der Waals surface area contributed by atoms with Crippen molar-refractivity contribution in [2.24, 2.45) is 5.10 Å². The second-order valence-corrected chi connectivity index (χ2v) is 6.76. The monoisotopic (exact) mass is 397 g/mol. The summed E-state index contributed by atoms with van der Waals surface area (Å²) in [6, 6.07) is 13.5. The molecule has 0 saturated heterocycles. The fourth-order valence-corrected chi connectivity index (χ4v) is 3.17. The Hall–Kier alpha value is -3.06. The van der Waals surface area contributed by atoms with Gasteiger partial charge in [0.1, 0.15) is 5.75 Å². The summed E-state index contributed by atoms with van der Waals surface area (Å²) in [6.07, 6.45) is 2.67. The highest BCUT2D eigenvalue weighted by Gasteiger charge is 2.06. The van der Waals surface area contributed by atoms with Gasteiger partial charge in [-0.25, -0.2) is 4.98 Å². The average molecular weight is 398 g/mol. The van der Waals surface area contributed by atoms with E-state index in [2.05, 4.69) is 22.4 Å². The Labute approximate surface area is 168 Å². The number of nitrogens with zero attached hydrogens (tertiary/aromatic N) is 2. The van der Waals surface area contributed by atoms with E-state index >= 15 is 0 Å². The minimum atomic E-state index is 0.658. The van der Waals surface area contributed by atoms with E-state index in [1.54, 1.807) is 20.4 Å². The molecule has 7 heteroatoms. The molecule has 0 spiro atoms. The van der Waals surface area contributed by atoms with Crippen LogP contribution in [0.4, 0.5) is 5.13 Å². The maximum Gasteiger partial charge on any atom is 0.203 e. The lowest BCUT2D eigenvalue weighted by Crippen LogP contribution is -1.98. The van der Waals surface area contributed by atoms with Crippen LogP contribution in [0.2, 0.25) is 0 Å². The molecule has 0 aliphatic carbocycles. The second kappa shape index (κ2) is 9.75. The molecule has 6 nitrogen and oxygen atoms in total. The molecule has 1 heterocycles. The van der Waals surface area contributed by atoms with E-state index in [1.807, 2.05) is 47.8 Å². The molecule has 1 N–H and O–H groups in total. The summed E-state index contributed by atoms with van der Waals surface area (Å²) in [6.45, 7) is 2.72. The van der Waals surface area contributed by atoms with Crippen molar-refractivity contribution in [3.05, 3.63) is 53.4 Å². The van der Waals surface area contributed by atoms with Crippen molar-refractivity contribution in [1.29, 1.82) is 0 Å². The van der Waals surface area contributed by atoms with Crippen LogP contribution in [0, 0.1) is 0 Å². The Kier molecular flexibility index (Phi) is 6.86. The number of nitrogens with one attached hydrogen (secondary N) is 1. The maximum atomic E-state index is 5.66. The van der Waals surface area contributed by atoms with Gasteiger partial charge in [-0.2, -0.15) is 5.10 Å². The Balaban J connectivity index is 1.65. The molecule has 0 aliphatic heterocycles. The third-order valence-electron chi connectivity index (χ3n) is 3.89. The zero-order valence-corrected chi connectivity index (χ0v) is 17.0. The smallest absolute Gasteiger partial charge is 0.203 e. The van der Waals surface area contributed by atoms with Gasteiger partial charge in [0, 0.05) is 10.9 Å². The summed E-state index contributed by atoms with van der Waals surface area (Å²) >= 11 is 1.49. The average Bonchev–Trinajstić information content (AvgIpc) is 3.21. The zero-order valence-electron chi connectivity index (χ0n) is 16.1. The largest absolute Gasteiger partial charge is 0.497 e. The predicted molar refractivity (Wildman–Crippen MR) is 114 cm³/mol. The predicted octanol–water partition coefficient (Wildman–Crippen LogP) is 5.06. The molecule has 28 heavy (non-hydrogen) atoms. The van der Waals surface area contributed by atoms with E-state index in [1.165, 1.54) is 11.3 Å². The molecule has 0 amide bonds. The number of hydrogen-bond acceptors (Lipinski definition) is 7. The van der Waals surface area contributed by atoms with Crippen LogP contribution in [0.5, 0.6) is 17.2 Å². The molecule has 3 aromatic rings. The molecule has 0 radical (unpaired) electrons. The van der Waals surface area contributed by atoms with Gasteiger partial charge in [-0.05, 0) is 42.3 Å². The lowest BCUT2D eigenvalue weighted by Gasteiger charge is -2.10. The second-order valence-electron chi connectivity index (χ2n) is 5.90. The van der Waals surface area contributed by atoms with Crippen LogP contribution in [-0.2, 0) is 0 Å². The molecular formula is C21H23N3O3S. The van der Waals surface area contributed by atoms with Crippen LogP contribution in [0.3, 0.4) is 0 Å². The highest BCUT2D eigenvalue weighted by Crippen LogP contribution is 2.29. The molecule has 0 saturated carbocycles. The third-order valence-corrected chi connectivity index (χ3v) is 4.64. The van der Waals surface area contributed by atoms with Crippen molar-refractivity contribution in [3.63, 3.8) is 0 Å². The van der Waals surface area contributed by atoms with Gasteiger partial charge in [0.25, 0.3) is 0 Å². The van der Waals surface area contributed by atoms with E-state index < -0.39 is 0 Å². The maximum absolute atomic E-state index is 5.66. The standard InChI is InChI=1S/C21H23N3O3S/c1-4-10-27-19-9-8-15(11-20(19)26-3)13-22-24-21-23-18(14-28-21)16-6-5-7-17(12-16)25-2/h5-9,11-14H,4,10H2,1-3H3,(H,23,24)/b22-13-. The molecule has 2 aromatic carbocycles. The summed E-state index contributed by atoms with van der Waals surface area (Å²) in [5, 5.41) is 6.97. The van der Waals surface area contributed by atoms with Crippen molar-refractivity contribution >= 4 is 22.7 Å². The highest BCUT2D eigenvalue weighted by atomic mass is 32.1. The Morgan fingerprint density at radius 2 is 2.00 bits per heavy atom. The number of rotatable bonds is 9. The summed E-state index contributed by atoms with van der Waals surface area (Å²) in [7, 11) is 3.28. The fraction of sp³-hybridized carbons (Fsp3) is 0.238. The summed E-state index contributed by atoms with van der Waals surface area (Å²) in [5.41, 5.74) is 5.75. The van der Waals surface area contributed by atoms with E-state index in [0.29, 0.717) is 17.5 Å². The lowest BCUT2D eigenvalue weighted by molar-refractivity contribution is 0.294. The van der Waals surface area contributed by atoms with Crippen molar-refractivity contribution in [2.75, 3.05) is 26.3 Å². The van der Waals surface area contributed by atoms with E-state index in [9.17, 15) is 0 Å². The number of thiazole rings is 1. The van der Waals surface area contributed by atoms with Gasteiger partial charge in [-0.1, -0.05) is 19.1 Å². The Morgan fingerprint density at radius 1 is 1.11 bits per heavy atom. The molecule has 3 rings (SSSR count).